The number of hydrogen-bond donors (Lipinski definition) is 1. The Morgan fingerprint density at radius 1 is 1.00 bits per heavy atom. The van der Waals surface area contributed by atoms with Crippen molar-refractivity contribution < 1.29 is 14.6 Å². The molecule has 0 spiro atoms. The smallest absolute Gasteiger partial charge is 0.184 e. The minimum atomic E-state index is -0.487. The molecule has 2 aromatic carbocycles. The van der Waals surface area contributed by atoms with Gasteiger partial charge in [-0.1, -0.05) is 66.2 Å². The molecule has 0 saturated carbocycles. The van der Waals surface area contributed by atoms with Gasteiger partial charge in [-0.15, -0.1) is 0 Å². The van der Waals surface area contributed by atoms with E-state index in [9.17, 15) is 5.11 Å². The number of benzene rings is 2. The zero-order valence-corrected chi connectivity index (χ0v) is 13.5. The first-order valence-corrected chi connectivity index (χ1v) is 8.23. The van der Waals surface area contributed by atoms with Crippen molar-refractivity contribution in [1.82, 2.24) is 0 Å². The molecule has 2 saturated heterocycles. The van der Waals surface area contributed by atoms with Crippen LogP contribution in [0.1, 0.15) is 17.5 Å². The van der Waals surface area contributed by atoms with Crippen LogP contribution in [0.15, 0.2) is 60.7 Å². The van der Waals surface area contributed by atoms with Gasteiger partial charge >= 0.3 is 0 Å². The second-order valence-corrected chi connectivity index (χ2v) is 6.29. The van der Waals surface area contributed by atoms with E-state index in [2.05, 4.69) is 31.2 Å². The Hall–Kier alpha value is -1.68. The molecule has 2 heterocycles. The SMILES string of the molecule is Cc1ccccc1.OC1C(Cc2ccccc2)C[C@H]2CO[C@@H]1O2. The fraction of sp³-hybridized carbons (Fsp3) is 0.400. The summed E-state index contributed by atoms with van der Waals surface area (Å²) in [6, 6.07) is 20.5. The zero-order valence-electron chi connectivity index (χ0n) is 13.5. The molecule has 0 radical (unpaired) electrons. The third-order valence-corrected chi connectivity index (χ3v) is 4.38. The summed E-state index contributed by atoms with van der Waals surface area (Å²) < 4.78 is 10.9. The van der Waals surface area contributed by atoms with Crippen LogP contribution < -0.4 is 0 Å². The normalized spacial score (nSPS) is 28.8. The molecule has 2 fully saturated rings. The third-order valence-electron chi connectivity index (χ3n) is 4.38. The van der Waals surface area contributed by atoms with E-state index in [0.717, 1.165) is 12.8 Å². The monoisotopic (exact) mass is 312 g/mol. The topological polar surface area (TPSA) is 38.7 Å². The highest BCUT2D eigenvalue weighted by Crippen LogP contribution is 2.33. The molecule has 2 aromatic rings. The van der Waals surface area contributed by atoms with Crippen molar-refractivity contribution in [2.45, 2.75) is 38.3 Å². The van der Waals surface area contributed by atoms with Crippen molar-refractivity contribution in [3.63, 3.8) is 0 Å². The van der Waals surface area contributed by atoms with Crippen LogP contribution in [-0.2, 0) is 15.9 Å². The minimum Gasteiger partial charge on any atom is -0.388 e. The summed E-state index contributed by atoms with van der Waals surface area (Å²) in [6.45, 7) is 2.72. The number of ether oxygens (including phenoxy) is 2. The Kier molecular flexibility index (Phi) is 5.44. The van der Waals surface area contributed by atoms with Gasteiger partial charge in [0, 0.05) is 0 Å². The van der Waals surface area contributed by atoms with E-state index in [-0.39, 0.29) is 12.0 Å². The number of aryl methyl sites for hydroxylation is 1. The first-order valence-electron chi connectivity index (χ1n) is 8.23. The third kappa shape index (κ3) is 4.41. The van der Waals surface area contributed by atoms with Gasteiger partial charge in [0.15, 0.2) is 6.29 Å². The van der Waals surface area contributed by atoms with Gasteiger partial charge in [0.25, 0.3) is 0 Å². The van der Waals surface area contributed by atoms with E-state index in [0.29, 0.717) is 6.61 Å². The quantitative estimate of drug-likeness (QED) is 0.924. The average Bonchev–Trinajstić information content (AvgIpc) is 2.99. The molecule has 2 unspecified atom stereocenters. The molecule has 122 valence electrons. The second-order valence-electron chi connectivity index (χ2n) is 6.29. The van der Waals surface area contributed by atoms with Crippen LogP contribution in [-0.4, -0.2) is 30.2 Å². The lowest BCUT2D eigenvalue weighted by molar-refractivity contribution is -0.174. The van der Waals surface area contributed by atoms with Gasteiger partial charge in [-0.2, -0.15) is 0 Å². The highest BCUT2D eigenvalue weighted by Gasteiger charge is 2.42. The average molecular weight is 312 g/mol. The Balaban J connectivity index is 0.000000188. The van der Waals surface area contributed by atoms with E-state index in [1.807, 2.05) is 36.4 Å². The molecule has 3 heteroatoms. The lowest BCUT2D eigenvalue weighted by Crippen LogP contribution is -2.41. The molecule has 4 rings (SSSR count). The Morgan fingerprint density at radius 2 is 1.65 bits per heavy atom. The van der Waals surface area contributed by atoms with Gasteiger partial charge in [-0.05, 0) is 31.2 Å². The molecule has 0 aromatic heterocycles. The highest BCUT2D eigenvalue weighted by molar-refractivity contribution is 5.16. The Bertz CT molecular complexity index is 584. The van der Waals surface area contributed by atoms with Crippen LogP contribution in [0.3, 0.4) is 0 Å². The molecular formula is C20H24O3. The van der Waals surface area contributed by atoms with Gasteiger partial charge < -0.3 is 14.6 Å². The van der Waals surface area contributed by atoms with Crippen LogP contribution in [0.25, 0.3) is 0 Å². The predicted molar refractivity (Wildman–Crippen MR) is 90.1 cm³/mol. The van der Waals surface area contributed by atoms with Crippen molar-refractivity contribution in [3.8, 4) is 0 Å². The van der Waals surface area contributed by atoms with Gasteiger partial charge in [-0.25, -0.2) is 0 Å². The molecule has 2 aliphatic rings. The van der Waals surface area contributed by atoms with Crippen molar-refractivity contribution in [3.05, 3.63) is 71.8 Å². The summed E-state index contributed by atoms with van der Waals surface area (Å²) in [5.41, 5.74) is 2.59. The van der Waals surface area contributed by atoms with Gasteiger partial charge in [-0.3, -0.25) is 0 Å². The summed E-state index contributed by atoms with van der Waals surface area (Å²) in [4.78, 5) is 0. The number of hydrogen-bond acceptors (Lipinski definition) is 3. The van der Waals surface area contributed by atoms with Crippen molar-refractivity contribution >= 4 is 0 Å². The Morgan fingerprint density at radius 3 is 2.26 bits per heavy atom. The first-order chi connectivity index (χ1) is 11.2. The van der Waals surface area contributed by atoms with E-state index in [4.69, 9.17) is 9.47 Å². The fourth-order valence-electron chi connectivity index (χ4n) is 3.13. The summed E-state index contributed by atoms with van der Waals surface area (Å²) in [6.07, 6.45) is 1.10. The summed E-state index contributed by atoms with van der Waals surface area (Å²) >= 11 is 0. The molecule has 4 atom stereocenters. The minimum absolute atomic E-state index is 0.183. The van der Waals surface area contributed by atoms with Crippen molar-refractivity contribution in [1.29, 1.82) is 0 Å². The largest absolute Gasteiger partial charge is 0.388 e. The Labute approximate surface area is 137 Å². The molecule has 0 amide bonds. The van der Waals surface area contributed by atoms with Crippen LogP contribution >= 0.6 is 0 Å². The first kappa shape index (κ1) is 16.2. The molecule has 2 bridgehead atoms. The van der Waals surface area contributed by atoms with Crippen molar-refractivity contribution in [2.75, 3.05) is 6.61 Å². The lowest BCUT2D eigenvalue weighted by atomic mass is 9.87. The number of aliphatic hydroxyl groups excluding tert-OH is 1. The lowest BCUT2D eigenvalue weighted by Gasteiger charge is -2.31. The zero-order chi connectivity index (χ0) is 16.1. The van der Waals surface area contributed by atoms with Gasteiger partial charge in [0.05, 0.1) is 12.7 Å². The highest BCUT2D eigenvalue weighted by atomic mass is 16.7. The van der Waals surface area contributed by atoms with Gasteiger partial charge in [0.1, 0.15) is 6.10 Å². The summed E-state index contributed by atoms with van der Waals surface area (Å²) in [7, 11) is 0. The van der Waals surface area contributed by atoms with Crippen molar-refractivity contribution in [2.24, 2.45) is 5.92 Å². The molecular weight excluding hydrogens is 288 g/mol. The standard InChI is InChI=1S/C13H16O3.C7H8/c14-12-10(6-9-4-2-1-3-5-9)7-11-8-15-13(12)16-11;1-7-5-3-2-4-6-7/h1-5,10-14H,6-8H2;2-6H,1H3/t10?,11-,12?,13+;/m0./s1. The van der Waals surface area contributed by atoms with E-state index in [1.54, 1.807) is 0 Å². The van der Waals surface area contributed by atoms with Crippen LogP contribution in [0.5, 0.6) is 0 Å². The second kappa shape index (κ2) is 7.73. The maximum atomic E-state index is 10.1. The number of rotatable bonds is 2. The molecule has 3 nitrogen and oxygen atoms in total. The van der Waals surface area contributed by atoms with Crippen LogP contribution in [0.2, 0.25) is 0 Å². The van der Waals surface area contributed by atoms with Crippen LogP contribution in [0.4, 0.5) is 0 Å². The summed E-state index contributed by atoms with van der Waals surface area (Å²) in [5, 5.41) is 10.1. The van der Waals surface area contributed by atoms with E-state index >= 15 is 0 Å². The molecule has 0 aliphatic carbocycles. The van der Waals surface area contributed by atoms with E-state index < -0.39 is 12.4 Å². The van der Waals surface area contributed by atoms with Crippen LogP contribution in [0, 0.1) is 12.8 Å². The number of aliphatic hydroxyl groups is 1. The number of fused-ring (bicyclic) bond motifs is 2. The van der Waals surface area contributed by atoms with Gasteiger partial charge in [0.2, 0.25) is 0 Å². The maximum absolute atomic E-state index is 10.1. The predicted octanol–water partition coefficient (Wildman–Crippen LogP) is 3.35. The summed E-state index contributed by atoms with van der Waals surface area (Å²) in [5.74, 6) is 0.258. The molecule has 2 aliphatic heterocycles. The fourth-order valence-corrected chi connectivity index (χ4v) is 3.13. The van der Waals surface area contributed by atoms with E-state index in [1.165, 1.54) is 11.1 Å². The maximum Gasteiger partial charge on any atom is 0.184 e. The molecule has 1 N–H and O–H groups in total. The molecule has 23 heavy (non-hydrogen) atoms.